The number of thioether (sulfide) groups is 1. The zero-order valence-electron chi connectivity index (χ0n) is 19.3. The Morgan fingerprint density at radius 2 is 1.69 bits per heavy atom. The molecule has 178 valence electrons. The lowest BCUT2D eigenvalue weighted by Gasteiger charge is -2.13. The number of hydrogen-bond acceptors (Lipinski definition) is 10. The van der Waals surface area contributed by atoms with Gasteiger partial charge in [0.05, 0.1) is 19.8 Å². The minimum atomic E-state index is -0.674. The molecule has 0 aliphatic heterocycles. The number of benzene rings is 2. The number of esters is 1. The van der Waals surface area contributed by atoms with Gasteiger partial charge in [0.2, 0.25) is 11.7 Å². The first-order valence-corrected chi connectivity index (χ1v) is 11.5. The van der Waals surface area contributed by atoms with E-state index < -0.39 is 5.97 Å². The van der Waals surface area contributed by atoms with Crippen LogP contribution in [0.15, 0.2) is 64.0 Å². The second kappa shape index (κ2) is 10.6. The van der Waals surface area contributed by atoms with E-state index in [1.54, 1.807) is 31.4 Å². The van der Waals surface area contributed by atoms with Crippen molar-refractivity contribution < 1.29 is 18.7 Å². The second-order valence-electron chi connectivity index (χ2n) is 7.32. The molecule has 0 bridgehead atoms. The van der Waals surface area contributed by atoms with Gasteiger partial charge >= 0.3 is 5.97 Å². The number of nitrogens with two attached hydrogens (primary N) is 1. The topological polar surface area (TPSA) is 148 Å². The SMILES string of the molecule is COC(=O)c1oc(-c2ccccc2)nc1CSc1nc(N)c(C#N)c(-c2ccc(OC)cc2)c1C#N. The molecule has 0 amide bonds. The van der Waals surface area contributed by atoms with E-state index in [4.69, 9.17) is 19.6 Å². The molecule has 4 aromatic rings. The fourth-order valence-corrected chi connectivity index (χ4v) is 4.42. The summed E-state index contributed by atoms with van der Waals surface area (Å²) in [6.07, 6.45) is 0. The molecule has 0 fully saturated rings. The molecule has 0 atom stereocenters. The Labute approximate surface area is 211 Å². The number of hydrogen-bond donors (Lipinski definition) is 1. The molecule has 10 heteroatoms. The van der Waals surface area contributed by atoms with Crippen LogP contribution in [0.1, 0.15) is 27.4 Å². The smallest absolute Gasteiger partial charge is 0.376 e. The van der Waals surface area contributed by atoms with E-state index in [0.29, 0.717) is 33.2 Å². The lowest BCUT2D eigenvalue weighted by molar-refractivity contribution is 0.0565. The third kappa shape index (κ3) is 4.71. The van der Waals surface area contributed by atoms with Gasteiger partial charge in [-0.15, -0.1) is 0 Å². The highest BCUT2D eigenvalue weighted by Crippen LogP contribution is 2.37. The van der Waals surface area contributed by atoms with Gasteiger partial charge < -0.3 is 19.6 Å². The molecule has 0 unspecified atom stereocenters. The number of carbonyl (C=O) groups excluding carboxylic acids is 1. The van der Waals surface area contributed by atoms with Crippen molar-refractivity contribution in [1.29, 1.82) is 10.5 Å². The van der Waals surface area contributed by atoms with Crippen molar-refractivity contribution in [3.05, 3.63) is 77.2 Å². The van der Waals surface area contributed by atoms with Crippen LogP contribution in [0.4, 0.5) is 5.82 Å². The summed E-state index contributed by atoms with van der Waals surface area (Å²) in [5.74, 6) is 0.298. The molecular formula is C26H19N5O4S. The van der Waals surface area contributed by atoms with Crippen LogP contribution in [0.3, 0.4) is 0 Å². The van der Waals surface area contributed by atoms with Crippen molar-refractivity contribution >= 4 is 23.5 Å². The van der Waals surface area contributed by atoms with Gasteiger partial charge in [-0.2, -0.15) is 10.5 Å². The second-order valence-corrected chi connectivity index (χ2v) is 8.28. The summed E-state index contributed by atoms with van der Waals surface area (Å²) >= 11 is 1.15. The van der Waals surface area contributed by atoms with E-state index >= 15 is 0 Å². The first-order chi connectivity index (χ1) is 17.5. The summed E-state index contributed by atoms with van der Waals surface area (Å²) in [6.45, 7) is 0. The summed E-state index contributed by atoms with van der Waals surface area (Å²) < 4.78 is 15.8. The van der Waals surface area contributed by atoms with E-state index in [1.165, 1.54) is 7.11 Å². The molecule has 4 rings (SSSR count). The van der Waals surface area contributed by atoms with Crippen LogP contribution >= 0.6 is 11.8 Å². The Balaban J connectivity index is 1.75. The molecule has 2 N–H and O–H groups in total. The van der Waals surface area contributed by atoms with Crippen molar-refractivity contribution in [2.45, 2.75) is 10.8 Å². The average molecular weight is 498 g/mol. The molecule has 2 heterocycles. The van der Waals surface area contributed by atoms with Gasteiger partial charge in [0.15, 0.2) is 0 Å². The quantitative estimate of drug-likeness (QED) is 0.278. The molecule has 2 aromatic carbocycles. The summed E-state index contributed by atoms with van der Waals surface area (Å²) in [6, 6.07) is 20.3. The molecule has 2 aromatic heterocycles. The minimum absolute atomic E-state index is 0.0110. The van der Waals surface area contributed by atoms with E-state index in [1.807, 2.05) is 30.3 Å². The maximum Gasteiger partial charge on any atom is 0.376 e. The van der Waals surface area contributed by atoms with Crippen molar-refractivity contribution in [1.82, 2.24) is 9.97 Å². The number of nitrogen functional groups attached to an aromatic ring is 1. The predicted octanol–water partition coefficient (Wildman–Crippen LogP) is 4.82. The Hall–Kier alpha value is -4.80. The van der Waals surface area contributed by atoms with E-state index in [2.05, 4.69) is 22.1 Å². The van der Waals surface area contributed by atoms with Crippen LogP contribution in [-0.4, -0.2) is 30.2 Å². The van der Waals surface area contributed by atoms with E-state index in [0.717, 1.165) is 11.8 Å². The van der Waals surface area contributed by atoms with Gasteiger partial charge in [0.25, 0.3) is 0 Å². The van der Waals surface area contributed by atoms with E-state index in [9.17, 15) is 15.3 Å². The van der Waals surface area contributed by atoms with Crippen molar-refractivity contribution in [2.75, 3.05) is 20.0 Å². The average Bonchev–Trinajstić information content (AvgIpc) is 3.36. The number of carbonyl (C=O) groups is 1. The van der Waals surface area contributed by atoms with Crippen molar-refractivity contribution in [2.24, 2.45) is 0 Å². The zero-order valence-corrected chi connectivity index (χ0v) is 20.1. The van der Waals surface area contributed by atoms with Gasteiger partial charge in [-0.05, 0) is 29.8 Å². The molecule has 0 radical (unpaired) electrons. The van der Waals surface area contributed by atoms with Gasteiger partial charge in [0, 0.05) is 16.9 Å². The third-order valence-corrected chi connectivity index (χ3v) is 6.22. The van der Waals surface area contributed by atoms with Crippen LogP contribution in [0.25, 0.3) is 22.6 Å². The van der Waals surface area contributed by atoms with Crippen LogP contribution < -0.4 is 10.5 Å². The normalized spacial score (nSPS) is 10.3. The Morgan fingerprint density at radius 3 is 2.31 bits per heavy atom. The fourth-order valence-electron chi connectivity index (χ4n) is 3.49. The lowest BCUT2D eigenvalue weighted by atomic mass is 9.97. The highest BCUT2D eigenvalue weighted by atomic mass is 32.2. The van der Waals surface area contributed by atoms with Gasteiger partial charge in [-0.25, -0.2) is 14.8 Å². The van der Waals surface area contributed by atoms with Gasteiger partial charge in [0.1, 0.15) is 40.0 Å². The summed E-state index contributed by atoms with van der Waals surface area (Å²) in [4.78, 5) is 21.1. The minimum Gasteiger partial charge on any atom is -0.497 e. The van der Waals surface area contributed by atoms with Crippen molar-refractivity contribution in [3.63, 3.8) is 0 Å². The number of pyridine rings is 1. The maximum absolute atomic E-state index is 12.3. The number of anilines is 1. The number of aromatic nitrogens is 2. The lowest BCUT2D eigenvalue weighted by Crippen LogP contribution is -2.05. The third-order valence-electron chi connectivity index (χ3n) is 5.23. The molecule has 0 saturated heterocycles. The number of nitrogens with zero attached hydrogens (tertiary/aromatic N) is 4. The van der Waals surface area contributed by atoms with Crippen LogP contribution in [-0.2, 0) is 10.5 Å². The molecule has 9 nitrogen and oxygen atoms in total. The number of oxazole rings is 1. The standard InChI is InChI=1S/C26H19N5O4S/c1-33-17-10-8-15(9-11-17)21-18(12-27)23(29)31-25(19(21)13-28)36-14-20-22(26(32)34-2)35-24(30-20)16-6-4-3-5-7-16/h3-11H,14H2,1-2H3,(H2,29,31). The molecule has 36 heavy (non-hydrogen) atoms. The molecule has 0 aliphatic rings. The molecule has 0 saturated carbocycles. The maximum atomic E-state index is 12.3. The summed E-state index contributed by atoms with van der Waals surface area (Å²) in [7, 11) is 2.80. The highest BCUT2D eigenvalue weighted by molar-refractivity contribution is 7.98. The van der Waals surface area contributed by atoms with Gasteiger partial charge in [-0.1, -0.05) is 42.1 Å². The largest absolute Gasteiger partial charge is 0.497 e. The Kier molecular flexibility index (Phi) is 7.19. The van der Waals surface area contributed by atoms with Crippen LogP contribution in [0.2, 0.25) is 0 Å². The number of rotatable bonds is 7. The predicted molar refractivity (Wildman–Crippen MR) is 133 cm³/mol. The van der Waals surface area contributed by atoms with Gasteiger partial charge in [-0.3, -0.25) is 0 Å². The highest BCUT2D eigenvalue weighted by Gasteiger charge is 2.25. The summed E-state index contributed by atoms with van der Waals surface area (Å²) in [5.41, 5.74) is 8.40. The van der Waals surface area contributed by atoms with Crippen LogP contribution in [0, 0.1) is 22.7 Å². The first kappa shape index (κ1) is 24.3. The monoisotopic (exact) mass is 497 g/mol. The number of ether oxygens (including phenoxy) is 2. The zero-order chi connectivity index (χ0) is 25.7. The number of methoxy groups -OCH3 is 2. The molecule has 0 aliphatic carbocycles. The Morgan fingerprint density at radius 1 is 1.00 bits per heavy atom. The first-order valence-electron chi connectivity index (χ1n) is 10.5. The molecular weight excluding hydrogens is 478 g/mol. The number of nitriles is 2. The van der Waals surface area contributed by atoms with Crippen LogP contribution in [0.5, 0.6) is 5.75 Å². The Bertz CT molecular complexity index is 1500. The fraction of sp³-hybridized carbons (Fsp3) is 0.115. The summed E-state index contributed by atoms with van der Waals surface area (Å²) in [5, 5.41) is 20.0. The van der Waals surface area contributed by atoms with E-state index in [-0.39, 0.29) is 34.3 Å². The van der Waals surface area contributed by atoms with Crippen molar-refractivity contribution in [3.8, 4) is 40.5 Å². The molecule has 0 spiro atoms.